The number of carbonyl (C=O) groups is 1. The molecule has 1 aromatic rings. The molecule has 0 aliphatic rings. The molecule has 1 aromatic carbocycles. The van der Waals surface area contributed by atoms with E-state index in [4.69, 9.17) is 14.6 Å². The molecule has 0 saturated carbocycles. The largest absolute Gasteiger partial charge is 0.488 e. The van der Waals surface area contributed by atoms with Crippen molar-refractivity contribution >= 4 is 12.0 Å². The van der Waals surface area contributed by atoms with Crippen molar-refractivity contribution in [1.29, 1.82) is 0 Å². The van der Waals surface area contributed by atoms with Gasteiger partial charge in [0.1, 0.15) is 6.61 Å². The number of carboxylic acid groups (broad SMARTS) is 1. The van der Waals surface area contributed by atoms with E-state index in [1.807, 2.05) is 13.8 Å². The minimum absolute atomic E-state index is 0.108. The lowest BCUT2D eigenvalue weighted by Crippen LogP contribution is -2.11. The van der Waals surface area contributed by atoms with E-state index >= 15 is 0 Å². The number of hydrogen-bond acceptors (Lipinski definition) is 3. The molecule has 0 amide bonds. The Morgan fingerprint density at radius 3 is 2.74 bits per heavy atom. The number of hydrogen-bond donors (Lipinski definition) is 1. The maximum absolute atomic E-state index is 13.6. The number of ether oxygens (including phenoxy) is 2. The molecular formula is C14H17FO4. The van der Waals surface area contributed by atoms with Crippen LogP contribution in [0.2, 0.25) is 0 Å². The van der Waals surface area contributed by atoms with E-state index < -0.39 is 11.8 Å². The lowest BCUT2D eigenvalue weighted by atomic mass is 10.2. The Balaban J connectivity index is 2.55. The Bertz CT molecular complexity index is 455. The lowest BCUT2D eigenvalue weighted by Gasteiger charge is -2.10. The molecule has 0 spiro atoms. The van der Waals surface area contributed by atoms with Crippen molar-refractivity contribution in [1.82, 2.24) is 0 Å². The highest BCUT2D eigenvalue weighted by molar-refractivity contribution is 5.85. The maximum Gasteiger partial charge on any atom is 0.328 e. The fraction of sp³-hybridized carbons (Fsp3) is 0.357. The summed E-state index contributed by atoms with van der Waals surface area (Å²) in [5.74, 6) is -1.48. The van der Waals surface area contributed by atoms with Crippen LogP contribution in [-0.2, 0) is 9.53 Å². The van der Waals surface area contributed by atoms with Crippen LogP contribution in [0.1, 0.15) is 19.4 Å². The molecule has 0 fully saturated rings. The fourth-order valence-corrected chi connectivity index (χ4v) is 1.34. The lowest BCUT2D eigenvalue weighted by molar-refractivity contribution is -0.131. The van der Waals surface area contributed by atoms with Gasteiger partial charge in [-0.3, -0.25) is 0 Å². The van der Waals surface area contributed by atoms with E-state index in [9.17, 15) is 9.18 Å². The Morgan fingerprint density at radius 2 is 2.16 bits per heavy atom. The van der Waals surface area contributed by atoms with E-state index in [0.717, 1.165) is 6.08 Å². The van der Waals surface area contributed by atoms with E-state index in [1.54, 1.807) is 6.07 Å². The van der Waals surface area contributed by atoms with Crippen LogP contribution in [-0.4, -0.2) is 30.4 Å². The maximum atomic E-state index is 13.6. The molecule has 5 heteroatoms. The minimum Gasteiger partial charge on any atom is -0.488 e. The first-order chi connectivity index (χ1) is 8.99. The predicted molar refractivity (Wildman–Crippen MR) is 69.7 cm³/mol. The third-order valence-corrected chi connectivity index (χ3v) is 2.17. The normalized spacial score (nSPS) is 11.2. The van der Waals surface area contributed by atoms with Gasteiger partial charge in [0.2, 0.25) is 0 Å². The van der Waals surface area contributed by atoms with Crippen LogP contribution < -0.4 is 4.74 Å². The zero-order chi connectivity index (χ0) is 14.3. The molecule has 1 rings (SSSR count). The fourth-order valence-electron chi connectivity index (χ4n) is 1.34. The SMILES string of the molecule is CC(C)OCCOc1ccc(/C=C/C(=O)O)cc1F. The number of halogens is 1. The number of benzene rings is 1. The molecular weight excluding hydrogens is 251 g/mol. The molecule has 0 aromatic heterocycles. The van der Waals surface area contributed by atoms with Gasteiger partial charge in [-0.2, -0.15) is 0 Å². The molecule has 0 aliphatic carbocycles. The minimum atomic E-state index is -1.08. The van der Waals surface area contributed by atoms with Crippen LogP contribution in [0.3, 0.4) is 0 Å². The third kappa shape index (κ3) is 6.01. The Kier molecular flexibility index (Phi) is 6.02. The van der Waals surface area contributed by atoms with Gasteiger partial charge >= 0.3 is 5.97 Å². The van der Waals surface area contributed by atoms with Crippen molar-refractivity contribution in [2.75, 3.05) is 13.2 Å². The second-order valence-corrected chi connectivity index (χ2v) is 4.13. The van der Waals surface area contributed by atoms with Crippen LogP contribution in [0.25, 0.3) is 6.08 Å². The van der Waals surface area contributed by atoms with E-state index in [-0.39, 0.29) is 18.5 Å². The molecule has 104 valence electrons. The van der Waals surface area contributed by atoms with Crippen molar-refractivity contribution in [3.05, 3.63) is 35.7 Å². The van der Waals surface area contributed by atoms with Gasteiger partial charge in [0.15, 0.2) is 11.6 Å². The molecule has 0 aliphatic heterocycles. The molecule has 0 bridgehead atoms. The quantitative estimate of drug-likeness (QED) is 0.610. The van der Waals surface area contributed by atoms with Gasteiger partial charge in [0.25, 0.3) is 0 Å². The molecule has 1 N–H and O–H groups in total. The second kappa shape index (κ2) is 7.53. The molecule has 0 heterocycles. The highest BCUT2D eigenvalue weighted by Crippen LogP contribution is 2.19. The Hall–Kier alpha value is -1.88. The van der Waals surface area contributed by atoms with E-state index in [1.165, 1.54) is 18.2 Å². The Labute approximate surface area is 111 Å². The molecule has 0 unspecified atom stereocenters. The zero-order valence-electron chi connectivity index (χ0n) is 10.9. The molecule has 4 nitrogen and oxygen atoms in total. The monoisotopic (exact) mass is 268 g/mol. The number of rotatable bonds is 7. The van der Waals surface area contributed by atoms with Gasteiger partial charge in [-0.15, -0.1) is 0 Å². The topological polar surface area (TPSA) is 55.8 Å². The summed E-state index contributed by atoms with van der Waals surface area (Å²) in [6.07, 6.45) is 2.38. The first kappa shape index (κ1) is 15.2. The summed E-state index contributed by atoms with van der Waals surface area (Å²) in [7, 11) is 0. The van der Waals surface area contributed by atoms with Crippen molar-refractivity contribution in [3.63, 3.8) is 0 Å². The van der Waals surface area contributed by atoms with Gasteiger partial charge in [0, 0.05) is 6.08 Å². The highest BCUT2D eigenvalue weighted by atomic mass is 19.1. The van der Waals surface area contributed by atoms with Gasteiger partial charge in [0.05, 0.1) is 12.7 Å². The van der Waals surface area contributed by atoms with Crippen molar-refractivity contribution in [2.24, 2.45) is 0 Å². The van der Waals surface area contributed by atoms with Crippen LogP contribution in [0, 0.1) is 5.82 Å². The first-order valence-electron chi connectivity index (χ1n) is 5.94. The van der Waals surface area contributed by atoms with Gasteiger partial charge in [-0.1, -0.05) is 6.07 Å². The Morgan fingerprint density at radius 1 is 1.42 bits per heavy atom. The van der Waals surface area contributed by atoms with Crippen LogP contribution in [0.5, 0.6) is 5.75 Å². The second-order valence-electron chi connectivity index (χ2n) is 4.13. The summed E-state index contributed by atoms with van der Waals surface area (Å²) < 4.78 is 24.1. The summed E-state index contributed by atoms with van der Waals surface area (Å²) in [5.41, 5.74) is 0.464. The average Bonchev–Trinajstić information content (AvgIpc) is 2.33. The van der Waals surface area contributed by atoms with E-state index in [2.05, 4.69) is 0 Å². The third-order valence-electron chi connectivity index (χ3n) is 2.17. The summed E-state index contributed by atoms with van der Waals surface area (Å²) in [4.78, 5) is 10.3. The number of aliphatic carboxylic acids is 1. The van der Waals surface area contributed by atoms with Crippen molar-refractivity contribution in [3.8, 4) is 5.75 Å². The van der Waals surface area contributed by atoms with Gasteiger partial charge < -0.3 is 14.6 Å². The highest BCUT2D eigenvalue weighted by Gasteiger charge is 2.04. The van der Waals surface area contributed by atoms with Gasteiger partial charge in [-0.25, -0.2) is 9.18 Å². The predicted octanol–water partition coefficient (Wildman–Crippen LogP) is 2.73. The number of carboxylic acids is 1. The van der Waals surface area contributed by atoms with Crippen LogP contribution in [0.4, 0.5) is 4.39 Å². The summed E-state index contributed by atoms with van der Waals surface area (Å²) in [6, 6.07) is 4.27. The zero-order valence-corrected chi connectivity index (χ0v) is 10.9. The summed E-state index contributed by atoms with van der Waals surface area (Å²) >= 11 is 0. The first-order valence-corrected chi connectivity index (χ1v) is 5.94. The van der Waals surface area contributed by atoms with Crippen molar-refractivity contribution in [2.45, 2.75) is 20.0 Å². The standard InChI is InChI=1S/C14H17FO4/c1-10(2)18-7-8-19-13-5-3-11(9-12(13)15)4-6-14(16)17/h3-6,9-10H,7-8H2,1-2H3,(H,16,17)/b6-4+. The average molecular weight is 268 g/mol. The van der Waals surface area contributed by atoms with Crippen LogP contribution in [0.15, 0.2) is 24.3 Å². The molecule has 0 saturated heterocycles. The van der Waals surface area contributed by atoms with Crippen molar-refractivity contribution < 1.29 is 23.8 Å². The van der Waals surface area contributed by atoms with Crippen LogP contribution >= 0.6 is 0 Å². The summed E-state index contributed by atoms with van der Waals surface area (Å²) in [5, 5.41) is 8.47. The molecule has 0 atom stereocenters. The molecule has 0 radical (unpaired) electrons. The molecule has 19 heavy (non-hydrogen) atoms. The van der Waals surface area contributed by atoms with Gasteiger partial charge in [-0.05, 0) is 37.6 Å². The smallest absolute Gasteiger partial charge is 0.328 e. The summed E-state index contributed by atoms with van der Waals surface area (Å²) in [6.45, 7) is 4.46. The van der Waals surface area contributed by atoms with E-state index in [0.29, 0.717) is 12.2 Å².